The Balaban J connectivity index is 1.64. The van der Waals surface area contributed by atoms with E-state index in [4.69, 9.17) is 0 Å². The summed E-state index contributed by atoms with van der Waals surface area (Å²) in [6.45, 7) is 3.58. The minimum absolute atomic E-state index is 0.0889. The molecule has 26 heavy (non-hydrogen) atoms. The Labute approximate surface area is 148 Å². The molecule has 0 aromatic heterocycles. The minimum Gasteiger partial charge on any atom is -0.293 e. The fraction of sp³-hybridized carbons (Fsp3) is 0.562. The van der Waals surface area contributed by atoms with Crippen LogP contribution in [0.1, 0.15) is 18.1 Å². The van der Waals surface area contributed by atoms with Crippen molar-refractivity contribution in [3.8, 4) is 0 Å². The molecule has 1 aromatic carbocycles. The van der Waals surface area contributed by atoms with Crippen molar-refractivity contribution in [3.63, 3.8) is 0 Å². The lowest BCUT2D eigenvalue weighted by Gasteiger charge is -2.32. The smallest absolute Gasteiger partial charge is 0.293 e. The number of halogens is 3. The third-order valence-corrected chi connectivity index (χ3v) is 4.68. The van der Waals surface area contributed by atoms with Crippen LogP contribution in [0.15, 0.2) is 29.3 Å². The number of aliphatic imine (C=N–C) groups is 1. The van der Waals surface area contributed by atoms with Crippen LogP contribution >= 0.6 is 0 Å². The Bertz CT molecular complexity index is 742. The lowest BCUT2D eigenvalue weighted by Crippen LogP contribution is -2.54. The molecule has 0 radical (unpaired) electrons. The fourth-order valence-electron chi connectivity index (χ4n) is 3.13. The lowest BCUT2D eigenvalue weighted by atomic mass is 10.1. The molecular weight excluding hydrogens is 351 g/mol. The predicted molar refractivity (Wildman–Crippen MR) is 87.3 cm³/mol. The van der Waals surface area contributed by atoms with Gasteiger partial charge in [0.1, 0.15) is 0 Å². The Hall–Kier alpha value is -2.36. The molecule has 0 spiro atoms. The Morgan fingerprint density at radius 2 is 1.81 bits per heavy atom. The van der Waals surface area contributed by atoms with E-state index in [9.17, 15) is 23.0 Å². The van der Waals surface area contributed by atoms with Crippen molar-refractivity contribution in [2.24, 2.45) is 4.99 Å². The summed E-state index contributed by atoms with van der Waals surface area (Å²) in [5, 5.41) is 0. The van der Waals surface area contributed by atoms with Crippen LogP contribution in [0.4, 0.5) is 13.2 Å². The van der Waals surface area contributed by atoms with Crippen LogP contribution in [0.3, 0.4) is 0 Å². The maximum atomic E-state index is 13.1. The van der Waals surface area contributed by atoms with Gasteiger partial charge in [0.05, 0.1) is 23.4 Å². The molecule has 0 aliphatic carbocycles. The van der Waals surface area contributed by atoms with Crippen molar-refractivity contribution in [3.05, 3.63) is 45.2 Å². The summed E-state index contributed by atoms with van der Waals surface area (Å²) in [5.41, 5.74) is -0.376. The summed E-state index contributed by atoms with van der Waals surface area (Å²) in [5.74, 6) is 0.222. The van der Waals surface area contributed by atoms with Crippen LogP contribution in [0.2, 0.25) is 0 Å². The second kappa shape index (κ2) is 7.10. The van der Waals surface area contributed by atoms with Crippen LogP contribution in [0, 0.1) is 9.81 Å². The van der Waals surface area contributed by atoms with E-state index in [1.165, 1.54) is 19.1 Å². The van der Waals surface area contributed by atoms with Crippen LogP contribution < -0.4 is 0 Å². The average molecular weight is 371 g/mol. The van der Waals surface area contributed by atoms with Crippen LogP contribution in [-0.4, -0.2) is 64.3 Å². The number of piperazine rings is 1. The summed E-state index contributed by atoms with van der Waals surface area (Å²) in [6, 6.07) is 5.57. The second-order valence-corrected chi connectivity index (χ2v) is 6.39. The molecule has 10 heteroatoms. The standard InChI is InChI=1S/C16H20F3N5O2/c1-12-23(25)11-20-15(24(12)26)22-8-6-21(7-9-22)10-13-4-2-3-5-14(13)16(17,18)19/h2-5,12H,6-11H2,1H3/q+2. The summed E-state index contributed by atoms with van der Waals surface area (Å²) in [6.07, 6.45) is -5.21. The second-order valence-electron chi connectivity index (χ2n) is 6.39. The molecule has 7 nitrogen and oxygen atoms in total. The van der Waals surface area contributed by atoms with Gasteiger partial charge in [-0.05, 0) is 16.6 Å². The monoisotopic (exact) mass is 371 g/mol. The van der Waals surface area contributed by atoms with E-state index < -0.39 is 17.9 Å². The van der Waals surface area contributed by atoms with Crippen molar-refractivity contribution in [1.29, 1.82) is 0 Å². The highest BCUT2D eigenvalue weighted by atomic mass is 19.4. The van der Waals surface area contributed by atoms with Gasteiger partial charge in [-0.1, -0.05) is 23.1 Å². The van der Waals surface area contributed by atoms with Gasteiger partial charge in [0.25, 0.3) is 0 Å². The third-order valence-electron chi connectivity index (χ3n) is 4.68. The number of hydrogen-bond acceptors (Lipinski definition) is 5. The fourth-order valence-corrected chi connectivity index (χ4v) is 3.13. The zero-order valence-electron chi connectivity index (χ0n) is 14.3. The van der Waals surface area contributed by atoms with E-state index in [1.54, 1.807) is 11.0 Å². The van der Waals surface area contributed by atoms with E-state index in [2.05, 4.69) is 4.99 Å². The van der Waals surface area contributed by atoms with Crippen molar-refractivity contribution >= 4 is 5.96 Å². The van der Waals surface area contributed by atoms with Gasteiger partial charge in [-0.25, -0.2) is 0 Å². The largest absolute Gasteiger partial charge is 0.437 e. The molecule has 1 atom stereocenters. The zero-order chi connectivity index (χ0) is 18.9. The normalized spacial score (nSPS) is 22.5. The first kappa shape index (κ1) is 18.4. The molecule has 1 unspecified atom stereocenters. The Morgan fingerprint density at radius 3 is 2.46 bits per heavy atom. The Morgan fingerprint density at radius 1 is 1.15 bits per heavy atom. The molecule has 1 fully saturated rings. The molecule has 1 aromatic rings. The molecular formula is C16H20F3N5O2+2. The number of hydrogen-bond donors (Lipinski definition) is 0. The van der Waals surface area contributed by atoms with Gasteiger partial charge in [-0.15, -0.1) is 0 Å². The summed E-state index contributed by atoms with van der Waals surface area (Å²) >= 11 is 0. The van der Waals surface area contributed by atoms with E-state index in [-0.39, 0.29) is 24.7 Å². The lowest BCUT2D eigenvalue weighted by molar-refractivity contribution is -0.761. The van der Waals surface area contributed by atoms with E-state index in [0.717, 1.165) is 6.07 Å². The molecule has 3 rings (SSSR count). The van der Waals surface area contributed by atoms with Crippen molar-refractivity contribution in [1.82, 2.24) is 9.80 Å². The van der Waals surface area contributed by atoms with E-state index >= 15 is 0 Å². The van der Waals surface area contributed by atoms with Gasteiger partial charge in [-0.3, -0.25) is 9.80 Å². The minimum atomic E-state index is -4.38. The maximum Gasteiger partial charge on any atom is 0.437 e. The first-order valence-corrected chi connectivity index (χ1v) is 8.34. The van der Waals surface area contributed by atoms with Crippen LogP contribution in [0.25, 0.3) is 0 Å². The highest BCUT2D eigenvalue weighted by molar-refractivity contribution is 5.71. The molecule has 0 amide bonds. The van der Waals surface area contributed by atoms with Crippen molar-refractivity contribution in [2.75, 3.05) is 32.8 Å². The number of alkyl halides is 3. The van der Waals surface area contributed by atoms with E-state index in [0.29, 0.717) is 35.7 Å². The molecule has 0 bridgehead atoms. The van der Waals surface area contributed by atoms with Gasteiger partial charge in [0.2, 0.25) is 0 Å². The molecule has 2 aliphatic rings. The number of rotatable bonds is 2. The molecule has 140 valence electrons. The number of benzene rings is 1. The van der Waals surface area contributed by atoms with E-state index in [1.807, 2.05) is 4.90 Å². The number of guanidine groups is 1. The molecule has 2 aliphatic heterocycles. The zero-order valence-corrected chi connectivity index (χ0v) is 14.3. The highest BCUT2D eigenvalue weighted by Gasteiger charge is 2.44. The predicted octanol–water partition coefficient (Wildman–Crippen LogP) is 2.05. The molecule has 0 saturated carbocycles. The maximum absolute atomic E-state index is 13.1. The van der Waals surface area contributed by atoms with Crippen molar-refractivity contribution in [2.45, 2.75) is 25.8 Å². The first-order chi connectivity index (χ1) is 12.3. The Kier molecular flexibility index (Phi) is 5.03. The van der Waals surface area contributed by atoms with Gasteiger partial charge in [0.15, 0.2) is 0 Å². The molecule has 2 heterocycles. The first-order valence-electron chi connectivity index (χ1n) is 8.34. The average Bonchev–Trinajstić information content (AvgIpc) is 2.60. The third kappa shape index (κ3) is 3.74. The molecule has 0 N–H and O–H groups in total. The van der Waals surface area contributed by atoms with Crippen LogP contribution in [-0.2, 0) is 12.7 Å². The summed E-state index contributed by atoms with van der Waals surface area (Å²) in [4.78, 5) is 31.3. The summed E-state index contributed by atoms with van der Waals surface area (Å²) < 4.78 is 40.5. The van der Waals surface area contributed by atoms with Gasteiger partial charge < -0.3 is 0 Å². The number of nitrogens with zero attached hydrogens (tertiary/aromatic N) is 5. The topological polar surface area (TPSA) is 59.0 Å². The summed E-state index contributed by atoms with van der Waals surface area (Å²) in [7, 11) is 0. The number of nitroso groups, excluding NO2 is 2. The van der Waals surface area contributed by atoms with Crippen LogP contribution in [0.5, 0.6) is 0 Å². The highest BCUT2D eigenvalue weighted by Crippen LogP contribution is 2.32. The van der Waals surface area contributed by atoms with Gasteiger partial charge >= 0.3 is 25.0 Å². The van der Waals surface area contributed by atoms with Gasteiger partial charge in [-0.2, -0.15) is 13.2 Å². The van der Waals surface area contributed by atoms with Crippen molar-refractivity contribution < 1.29 is 22.7 Å². The molecule has 1 saturated heterocycles. The van der Waals surface area contributed by atoms with Gasteiger partial charge in [0, 0.05) is 36.2 Å². The SMILES string of the molecule is CC1[N+](=O)CN=C(N2CCN(Cc3ccccc3C(F)(F)F)CC2)[N+]1=O. The quantitative estimate of drug-likeness (QED) is 0.747.